The first-order valence-corrected chi connectivity index (χ1v) is 12.0. The van der Waals surface area contributed by atoms with Crippen molar-refractivity contribution in [2.45, 2.75) is 57.7 Å². The number of nitrogens with zero attached hydrogens (tertiary/aromatic N) is 3. The van der Waals surface area contributed by atoms with Gasteiger partial charge >= 0.3 is 0 Å². The SMILES string of the molecule is CC(C)C[C@@]1(C(N)=O)[C@@H]2[C@@H]3C=N[C@]1(Cc1cccnc1)C[C@@H]3CCN2Cc1ccccc1. The second-order valence-corrected chi connectivity index (χ2v) is 10.5. The molecule has 5 heteroatoms. The van der Waals surface area contributed by atoms with Gasteiger partial charge in [0.25, 0.3) is 0 Å². The number of pyridine rings is 1. The average molecular weight is 431 g/mol. The van der Waals surface area contributed by atoms with E-state index < -0.39 is 11.0 Å². The van der Waals surface area contributed by atoms with Gasteiger partial charge in [-0.15, -0.1) is 0 Å². The molecule has 32 heavy (non-hydrogen) atoms. The van der Waals surface area contributed by atoms with Crippen LogP contribution in [0.25, 0.3) is 0 Å². The number of carbonyl (C=O) groups excluding carboxylic acids is 1. The van der Waals surface area contributed by atoms with E-state index in [4.69, 9.17) is 10.7 Å². The molecule has 4 aliphatic rings. The summed E-state index contributed by atoms with van der Waals surface area (Å²) >= 11 is 0. The number of hydrogen-bond acceptors (Lipinski definition) is 4. The van der Waals surface area contributed by atoms with E-state index in [1.807, 2.05) is 12.3 Å². The van der Waals surface area contributed by atoms with Crippen LogP contribution in [0.15, 0.2) is 59.9 Å². The Morgan fingerprint density at radius 2 is 1.97 bits per heavy atom. The van der Waals surface area contributed by atoms with Gasteiger partial charge in [0.05, 0.1) is 11.0 Å². The smallest absolute Gasteiger partial charge is 0.227 e. The second-order valence-electron chi connectivity index (χ2n) is 10.5. The van der Waals surface area contributed by atoms with Gasteiger partial charge in [0.2, 0.25) is 5.91 Å². The van der Waals surface area contributed by atoms with Crippen LogP contribution in [0.1, 0.15) is 44.2 Å². The lowest BCUT2D eigenvalue weighted by Crippen LogP contribution is -2.76. The fourth-order valence-corrected chi connectivity index (χ4v) is 7.08. The lowest BCUT2D eigenvalue weighted by atomic mass is 9.45. The molecule has 3 aliphatic heterocycles. The standard InChI is InChI=1S/C27H34N4O/c1-19(2)13-27(25(28)32)24-23-17-30-26(27,14-21-9-6-11-29-16-21)15-22(23)10-12-31(24)18-20-7-4-3-5-8-20/h3-9,11,16-17,19,22-24H,10,12-15,18H2,1-2H3,(H2,28,32)/t22-,23+,24-,26+,27-/m0/s1. The van der Waals surface area contributed by atoms with Crippen LogP contribution in [0.5, 0.6) is 0 Å². The number of rotatable bonds is 7. The average Bonchev–Trinajstić information content (AvgIpc) is 2.78. The van der Waals surface area contributed by atoms with Crippen LogP contribution in [-0.2, 0) is 17.8 Å². The van der Waals surface area contributed by atoms with E-state index in [-0.39, 0.29) is 17.9 Å². The summed E-state index contributed by atoms with van der Waals surface area (Å²) in [7, 11) is 0. The topological polar surface area (TPSA) is 71.6 Å². The molecular formula is C27H34N4O. The van der Waals surface area contributed by atoms with Crippen molar-refractivity contribution < 1.29 is 4.79 Å². The number of carbonyl (C=O) groups is 1. The Hall–Kier alpha value is -2.53. The van der Waals surface area contributed by atoms with Crippen molar-refractivity contribution in [2.24, 2.45) is 33.9 Å². The molecule has 1 aromatic heterocycles. The minimum atomic E-state index is -0.692. The molecule has 168 valence electrons. The number of likely N-dealkylation sites (tertiary alicyclic amines) is 1. The molecule has 1 saturated heterocycles. The largest absolute Gasteiger partial charge is 0.369 e. The summed E-state index contributed by atoms with van der Waals surface area (Å²) in [6.45, 7) is 6.26. The van der Waals surface area contributed by atoms with Gasteiger partial charge in [0, 0.05) is 43.5 Å². The minimum absolute atomic E-state index is 0.0873. The molecule has 5 nitrogen and oxygen atoms in total. The molecule has 1 amide bonds. The summed E-state index contributed by atoms with van der Waals surface area (Å²) in [5, 5.41) is 0. The molecule has 0 unspecified atom stereocenters. The maximum atomic E-state index is 13.6. The normalized spacial score (nSPS) is 33.5. The van der Waals surface area contributed by atoms with Crippen LogP contribution < -0.4 is 5.73 Å². The minimum Gasteiger partial charge on any atom is -0.369 e. The molecule has 6 rings (SSSR count). The highest BCUT2D eigenvalue weighted by atomic mass is 16.1. The number of amides is 1. The van der Waals surface area contributed by atoms with Crippen LogP contribution in [0.4, 0.5) is 0 Å². The number of aliphatic imine (C=N–C) groups is 1. The fraction of sp³-hybridized carbons (Fsp3) is 0.519. The Balaban J connectivity index is 1.63. The number of hydrogen-bond donors (Lipinski definition) is 1. The Bertz CT molecular complexity index is 991. The summed E-state index contributed by atoms with van der Waals surface area (Å²) in [4.78, 5) is 25.7. The molecule has 2 aromatic rings. The molecule has 2 fully saturated rings. The van der Waals surface area contributed by atoms with Crippen molar-refractivity contribution in [3.63, 3.8) is 0 Å². The number of piperidine rings is 1. The van der Waals surface area contributed by atoms with Gasteiger partial charge in [0.15, 0.2) is 0 Å². The lowest BCUT2D eigenvalue weighted by Gasteiger charge is -2.66. The zero-order valence-electron chi connectivity index (χ0n) is 19.2. The lowest BCUT2D eigenvalue weighted by molar-refractivity contribution is -0.162. The quantitative estimate of drug-likeness (QED) is 0.725. The van der Waals surface area contributed by atoms with E-state index in [1.165, 1.54) is 5.56 Å². The number of primary amides is 1. The Labute approximate surface area is 191 Å². The predicted octanol–water partition coefficient (Wildman–Crippen LogP) is 3.88. The van der Waals surface area contributed by atoms with Crippen molar-refractivity contribution in [2.75, 3.05) is 6.54 Å². The van der Waals surface area contributed by atoms with Crippen molar-refractivity contribution in [3.8, 4) is 0 Å². The summed E-state index contributed by atoms with van der Waals surface area (Å²) in [6.07, 6.45) is 9.47. The van der Waals surface area contributed by atoms with E-state index in [0.717, 1.165) is 37.9 Å². The summed E-state index contributed by atoms with van der Waals surface area (Å²) < 4.78 is 0. The third-order valence-electron chi connectivity index (χ3n) is 8.14. The summed E-state index contributed by atoms with van der Waals surface area (Å²) in [5.74, 6) is 1.01. The van der Waals surface area contributed by atoms with Crippen LogP contribution in [0, 0.1) is 23.2 Å². The van der Waals surface area contributed by atoms with Crippen molar-refractivity contribution in [1.29, 1.82) is 0 Å². The number of benzene rings is 1. The van der Waals surface area contributed by atoms with E-state index in [1.54, 1.807) is 6.20 Å². The Morgan fingerprint density at radius 3 is 2.66 bits per heavy atom. The van der Waals surface area contributed by atoms with E-state index in [0.29, 0.717) is 18.3 Å². The third-order valence-corrected chi connectivity index (χ3v) is 8.14. The van der Waals surface area contributed by atoms with Gasteiger partial charge in [-0.05, 0) is 54.8 Å². The molecule has 4 heterocycles. The first-order chi connectivity index (χ1) is 15.4. The van der Waals surface area contributed by atoms with Gasteiger partial charge < -0.3 is 5.73 Å². The van der Waals surface area contributed by atoms with Crippen molar-refractivity contribution >= 4 is 12.1 Å². The first-order valence-electron chi connectivity index (χ1n) is 12.0. The van der Waals surface area contributed by atoms with Gasteiger partial charge in [0.1, 0.15) is 0 Å². The maximum Gasteiger partial charge on any atom is 0.227 e. The van der Waals surface area contributed by atoms with Gasteiger partial charge in [-0.1, -0.05) is 50.2 Å². The second kappa shape index (κ2) is 8.11. The van der Waals surface area contributed by atoms with E-state index in [9.17, 15) is 4.79 Å². The highest BCUT2D eigenvalue weighted by Crippen LogP contribution is 2.61. The summed E-state index contributed by atoms with van der Waals surface area (Å²) in [5.41, 5.74) is 7.63. The molecule has 1 aromatic carbocycles. The van der Waals surface area contributed by atoms with E-state index >= 15 is 0 Å². The van der Waals surface area contributed by atoms with Gasteiger partial charge in [-0.3, -0.25) is 19.7 Å². The van der Waals surface area contributed by atoms with Crippen molar-refractivity contribution in [1.82, 2.24) is 9.88 Å². The Morgan fingerprint density at radius 1 is 1.19 bits per heavy atom. The van der Waals surface area contributed by atoms with Crippen molar-refractivity contribution in [3.05, 3.63) is 66.0 Å². The molecule has 2 N–H and O–H groups in total. The molecule has 0 spiro atoms. The molecule has 0 radical (unpaired) electrons. The highest BCUT2D eigenvalue weighted by Gasteiger charge is 2.69. The van der Waals surface area contributed by atoms with Crippen LogP contribution in [0.3, 0.4) is 0 Å². The maximum absolute atomic E-state index is 13.6. The zero-order chi connectivity index (χ0) is 22.3. The highest BCUT2D eigenvalue weighted by molar-refractivity contribution is 5.87. The molecule has 4 bridgehead atoms. The van der Waals surface area contributed by atoms with E-state index in [2.05, 4.69) is 66.3 Å². The molecule has 1 aliphatic carbocycles. The van der Waals surface area contributed by atoms with Gasteiger partial charge in [-0.2, -0.15) is 0 Å². The third kappa shape index (κ3) is 3.29. The first kappa shape index (κ1) is 21.3. The predicted molar refractivity (Wildman–Crippen MR) is 127 cm³/mol. The Kier molecular flexibility index (Phi) is 5.40. The monoisotopic (exact) mass is 430 g/mol. The fourth-order valence-electron chi connectivity index (χ4n) is 7.08. The summed E-state index contributed by atoms with van der Waals surface area (Å²) in [6, 6.07) is 14.8. The molecular weight excluding hydrogens is 396 g/mol. The molecule has 1 saturated carbocycles. The van der Waals surface area contributed by atoms with Gasteiger partial charge in [-0.25, -0.2) is 0 Å². The van der Waals surface area contributed by atoms with Crippen LogP contribution in [0.2, 0.25) is 0 Å². The van der Waals surface area contributed by atoms with Crippen LogP contribution in [-0.4, -0.2) is 40.1 Å². The molecule has 5 atom stereocenters. The zero-order valence-corrected chi connectivity index (χ0v) is 19.2. The number of nitrogens with two attached hydrogens (primary N) is 1. The van der Waals surface area contributed by atoms with Crippen LogP contribution >= 0.6 is 0 Å². The number of aromatic nitrogens is 1.